The Morgan fingerprint density at radius 3 is 2.74 bits per heavy atom. The molecule has 0 spiro atoms. The second-order valence-corrected chi connectivity index (χ2v) is 7.48. The molecule has 0 aromatic heterocycles. The third-order valence-corrected chi connectivity index (χ3v) is 4.77. The van der Waals surface area contributed by atoms with E-state index in [2.05, 4.69) is 5.32 Å². The van der Waals surface area contributed by atoms with Crippen LogP contribution < -0.4 is 19.5 Å². The summed E-state index contributed by atoms with van der Waals surface area (Å²) in [5, 5.41) is 3.52. The van der Waals surface area contributed by atoms with Gasteiger partial charge in [0, 0.05) is 23.6 Å². The summed E-state index contributed by atoms with van der Waals surface area (Å²) in [5.41, 5.74) is 1.01. The predicted octanol–water partition coefficient (Wildman–Crippen LogP) is 4.78. The van der Waals surface area contributed by atoms with Gasteiger partial charge in [-0.1, -0.05) is 11.6 Å². The summed E-state index contributed by atoms with van der Waals surface area (Å²) in [5.74, 6) is 1.82. The zero-order chi connectivity index (χ0) is 19.6. The Balaban J connectivity index is 1.84. The molecule has 0 radical (unpaired) electrons. The average molecular weight is 390 g/mol. The smallest absolute Gasteiger partial charge is 0.251 e. The van der Waals surface area contributed by atoms with E-state index in [1.54, 1.807) is 25.3 Å². The molecule has 0 aliphatic carbocycles. The van der Waals surface area contributed by atoms with Crippen LogP contribution in [0.25, 0.3) is 0 Å². The molecule has 0 saturated heterocycles. The van der Waals surface area contributed by atoms with E-state index in [1.165, 1.54) is 0 Å². The fourth-order valence-electron chi connectivity index (χ4n) is 3.24. The maximum atomic E-state index is 12.8. The maximum Gasteiger partial charge on any atom is 0.251 e. The van der Waals surface area contributed by atoms with E-state index in [0.29, 0.717) is 29.4 Å². The molecular weight excluding hydrogens is 366 g/mol. The summed E-state index contributed by atoms with van der Waals surface area (Å²) in [6.07, 6.45) is 0.656. The highest BCUT2D eigenvalue weighted by Gasteiger charge is 2.35. The van der Waals surface area contributed by atoms with Crippen LogP contribution >= 0.6 is 11.6 Å². The van der Waals surface area contributed by atoms with Crippen LogP contribution in [0.15, 0.2) is 36.4 Å². The van der Waals surface area contributed by atoms with Crippen molar-refractivity contribution in [1.82, 2.24) is 5.32 Å². The maximum absolute atomic E-state index is 12.8. The van der Waals surface area contributed by atoms with Crippen LogP contribution in [0, 0.1) is 0 Å². The lowest BCUT2D eigenvalue weighted by molar-refractivity contribution is 0.0617. The van der Waals surface area contributed by atoms with E-state index < -0.39 is 5.60 Å². The number of benzene rings is 2. The molecule has 0 saturated carbocycles. The number of carbonyl (C=O) groups is 1. The lowest BCUT2D eigenvalue weighted by atomic mass is 9.89. The second kappa shape index (κ2) is 7.69. The molecule has 27 heavy (non-hydrogen) atoms. The van der Waals surface area contributed by atoms with Crippen molar-refractivity contribution in [3.8, 4) is 17.2 Å². The Morgan fingerprint density at radius 1 is 1.30 bits per heavy atom. The number of halogens is 1. The predicted molar refractivity (Wildman–Crippen MR) is 105 cm³/mol. The molecule has 144 valence electrons. The van der Waals surface area contributed by atoms with Gasteiger partial charge in [0.05, 0.1) is 24.8 Å². The molecule has 5 nitrogen and oxygen atoms in total. The van der Waals surface area contributed by atoms with E-state index in [1.807, 2.05) is 39.0 Å². The summed E-state index contributed by atoms with van der Waals surface area (Å²) < 4.78 is 16.8. The molecule has 2 aromatic carbocycles. The molecule has 2 aromatic rings. The summed E-state index contributed by atoms with van der Waals surface area (Å²) in [6, 6.07) is 10.5. The highest BCUT2D eigenvalue weighted by molar-refractivity contribution is 6.32. The molecular formula is C21H24ClNO4. The fraction of sp³-hybridized carbons (Fsp3) is 0.381. The summed E-state index contributed by atoms with van der Waals surface area (Å²) >= 11 is 6.22. The van der Waals surface area contributed by atoms with Crippen LogP contribution in [0.5, 0.6) is 17.2 Å². The molecule has 1 N–H and O–H groups in total. The van der Waals surface area contributed by atoms with Gasteiger partial charge in [-0.05, 0) is 51.1 Å². The van der Waals surface area contributed by atoms with Gasteiger partial charge in [-0.2, -0.15) is 0 Å². The largest absolute Gasteiger partial charge is 0.497 e. The SMILES string of the molecule is CCOc1ccc(C(=O)NC2CC(C)(C)Oc3cc(OC)ccc32)cc1Cl. The minimum atomic E-state index is -0.409. The minimum absolute atomic E-state index is 0.174. The van der Waals surface area contributed by atoms with Crippen LogP contribution in [0.1, 0.15) is 49.2 Å². The average Bonchev–Trinajstić information content (AvgIpc) is 2.62. The Kier molecular flexibility index (Phi) is 5.51. The van der Waals surface area contributed by atoms with Crippen molar-refractivity contribution in [2.24, 2.45) is 0 Å². The topological polar surface area (TPSA) is 56.8 Å². The molecule has 3 rings (SSSR count). The van der Waals surface area contributed by atoms with Gasteiger partial charge >= 0.3 is 0 Å². The van der Waals surface area contributed by atoms with Gasteiger partial charge in [0.25, 0.3) is 5.91 Å². The Morgan fingerprint density at radius 2 is 2.07 bits per heavy atom. The molecule has 0 fully saturated rings. The normalized spacial score (nSPS) is 17.4. The van der Waals surface area contributed by atoms with Gasteiger partial charge in [0.1, 0.15) is 22.8 Å². The first-order valence-electron chi connectivity index (χ1n) is 8.93. The number of carbonyl (C=O) groups excluding carboxylic acids is 1. The van der Waals surface area contributed by atoms with Crippen molar-refractivity contribution in [3.05, 3.63) is 52.5 Å². The van der Waals surface area contributed by atoms with Gasteiger partial charge in [0.2, 0.25) is 0 Å². The number of amides is 1. The fourth-order valence-corrected chi connectivity index (χ4v) is 3.48. The molecule has 1 unspecified atom stereocenters. The summed E-state index contributed by atoms with van der Waals surface area (Å²) in [4.78, 5) is 12.8. The summed E-state index contributed by atoms with van der Waals surface area (Å²) in [7, 11) is 1.62. The summed E-state index contributed by atoms with van der Waals surface area (Å²) in [6.45, 7) is 6.41. The second-order valence-electron chi connectivity index (χ2n) is 7.07. The van der Waals surface area contributed by atoms with E-state index in [-0.39, 0.29) is 11.9 Å². The molecule has 6 heteroatoms. The minimum Gasteiger partial charge on any atom is -0.497 e. The van der Waals surface area contributed by atoms with Crippen molar-refractivity contribution in [1.29, 1.82) is 0 Å². The quantitative estimate of drug-likeness (QED) is 0.799. The Labute approximate surface area is 164 Å². The third kappa shape index (κ3) is 4.30. The molecule has 1 atom stereocenters. The molecule has 1 aliphatic rings. The van der Waals surface area contributed by atoms with Crippen molar-refractivity contribution in [2.45, 2.75) is 38.8 Å². The number of fused-ring (bicyclic) bond motifs is 1. The van der Waals surface area contributed by atoms with Crippen molar-refractivity contribution < 1.29 is 19.0 Å². The van der Waals surface area contributed by atoms with Gasteiger partial charge in [-0.3, -0.25) is 4.79 Å². The highest BCUT2D eigenvalue weighted by atomic mass is 35.5. The van der Waals surface area contributed by atoms with Crippen LogP contribution in [-0.4, -0.2) is 25.2 Å². The first-order chi connectivity index (χ1) is 12.8. The van der Waals surface area contributed by atoms with Gasteiger partial charge < -0.3 is 19.5 Å². The lowest BCUT2D eigenvalue weighted by Crippen LogP contribution is -2.41. The molecule has 1 aliphatic heterocycles. The van der Waals surface area contributed by atoms with E-state index >= 15 is 0 Å². The van der Waals surface area contributed by atoms with Crippen LogP contribution in [0.3, 0.4) is 0 Å². The molecule has 1 heterocycles. The number of ether oxygens (including phenoxy) is 3. The Hall–Kier alpha value is -2.40. The van der Waals surface area contributed by atoms with E-state index in [4.69, 9.17) is 25.8 Å². The van der Waals surface area contributed by atoms with Gasteiger partial charge in [-0.25, -0.2) is 0 Å². The zero-order valence-electron chi connectivity index (χ0n) is 16.0. The van der Waals surface area contributed by atoms with Crippen molar-refractivity contribution >= 4 is 17.5 Å². The lowest BCUT2D eigenvalue weighted by Gasteiger charge is -2.38. The van der Waals surface area contributed by atoms with E-state index in [0.717, 1.165) is 17.1 Å². The number of rotatable bonds is 5. The highest BCUT2D eigenvalue weighted by Crippen LogP contribution is 2.41. The molecule has 1 amide bonds. The van der Waals surface area contributed by atoms with E-state index in [9.17, 15) is 4.79 Å². The number of hydrogen-bond acceptors (Lipinski definition) is 4. The van der Waals surface area contributed by atoms with Gasteiger partial charge in [-0.15, -0.1) is 0 Å². The number of hydrogen-bond donors (Lipinski definition) is 1. The van der Waals surface area contributed by atoms with Crippen LogP contribution in [-0.2, 0) is 0 Å². The van der Waals surface area contributed by atoms with Crippen molar-refractivity contribution in [2.75, 3.05) is 13.7 Å². The molecule has 0 bridgehead atoms. The standard InChI is InChI=1S/C21H24ClNO4/c1-5-26-18-9-6-13(10-16(18)22)20(24)23-17-12-21(2,3)27-19-11-14(25-4)7-8-15(17)19/h6-11,17H,5,12H2,1-4H3,(H,23,24). The number of nitrogens with one attached hydrogen (secondary N) is 1. The van der Waals surface area contributed by atoms with Crippen LogP contribution in [0.4, 0.5) is 0 Å². The number of methoxy groups -OCH3 is 1. The monoisotopic (exact) mass is 389 g/mol. The van der Waals surface area contributed by atoms with Crippen molar-refractivity contribution in [3.63, 3.8) is 0 Å². The van der Waals surface area contributed by atoms with Crippen LogP contribution in [0.2, 0.25) is 5.02 Å². The third-order valence-electron chi connectivity index (χ3n) is 4.48. The van der Waals surface area contributed by atoms with Gasteiger partial charge in [0.15, 0.2) is 0 Å². The first kappa shape index (κ1) is 19.4. The first-order valence-corrected chi connectivity index (χ1v) is 9.31. The zero-order valence-corrected chi connectivity index (χ0v) is 16.7. The Bertz CT molecular complexity index is 850.